The highest BCUT2D eigenvalue weighted by atomic mass is 31.1. The smallest absolute Gasteiger partial charge is 0.352 e. The standard InChI is InChI=1S/C8H15O4P/c1-8(2,3)12-4-5-13(11)6-7(9)10/h4-6H2,1-3H3/p+1. The molecule has 5 heteroatoms. The molecule has 0 fully saturated rings. The largest absolute Gasteiger partial charge is 0.478 e. The molecule has 4 nitrogen and oxygen atoms in total. The molecule has 0 amide bonds. The minimum absolute atomic E-state index is 0.251. The van der Waals surface area contributed by atoms with E-state index in [1.807, 2.05) is 20.8 Å². The van der Waals surface area contributed by atoms with Crippen molar-refractivity contribution in [3.8, 4) is 0 Å². The van der Waals surface area contributed by atoms with Crippen molar-refractivity contribution in [1.29, 1.82) is 0 Å². The number of hydrogen-bond acceptors (Lipinski definition) is 3. The van der Waals surface area contributed by atoms with Gasteiger partial charge in [0.2, 0.25) is 6.16 Å². The molecule has 0 aromatic rings. The summed E-state index contributed by atoms with van der Waals surface area (Å²) in [6.45, 7) is 6.05. The van der Waals surface area contributed by atoms with Gasteiger partial charge in [-0.15, -0.1) is 0 Å². The minimum atomic E-state index is -1.65. The van der Waals surface area contributed by atoms with Gasteiger partial charge in [-0.05, 0) is 20.8 Å². The third kappa shape index (κ3) is 9.44. The molecule has 0 rings (SSSR count). The molecular weight excluding hydrogens is 191 g/mol. The second kappa shape index (κ2) is 5.30. The molecule has 0 aromatic carbocycles. The Hall–Kier alpha value is -0.470. The van der Waals surface area contributed by atoms with E-state index < -0.39 is 13.8 Å². The first-order valence-electron chi connectivity index (χ1n) is 4.09. The predicted molar refractivity (Wildman–Crippen MR) is 50.7 cm³/mol. The molecule has 0 bridgehead atoms. The first-order chi connectivity index (χ1) is 5.81. The molecule has 0 radical (unpaired) electrons. The quantitative estimate of drug-likeness (QED) is 0.697. The lowest BCUT2D eigenvalue weighted by Crippen LogP contribution is -2.20. The molecule has 1 unspecified atom stereocenters. The lowest BCUT2D eigenvalue weighted by Gasteiger charge is -2.17. The van der Waals surface area contributed by atoms with Crippen molar-refractivity contribution in [1.82, 2.24) is 0 Å². The highest BCUT2D eigenvalue weighted by Crippen LogP contribution is 2.20. The monoisotopic (exact) mass is 207 g/mol. The van der Waals surface area contributed by atoms with Crippen LogP contribution < -0.4 is 0 Å². The zero-order valence-corrected chi connectivity index (χ0v) is 9.13. The summed E-state index contributed by atoms with van der Waals surface area (Å²) in [4.78, 5) is 10.1. The second-order valence-electron chi connectivity index (χ2n) is 3.72. The molecule has 0 aliphatic heterocycles. The van der Waals surface area contributed by atoms with Gasteiger partial charge in [0, 0.05) is 0 Å². The van der Waals surface area contributed by atoms with Crippen molar-refractivity contribution in [2.24, 2.45) is 0 Å². The SMILES string of the molecule is CC(C)(C)OCC[P+](=O)CC(=O)O. The van der Waals surface area contributed by atoms with Gasteiger partial charge in [0.1, 0.15) is 0 Å². The third-order valence-electron chi connectivity index (χ3n) is 1.19. The first-order valence-corrected chi connectivity index (χ1v) is 5.72. The van der Waals surface area contributed by atoms with Gasteiger partial charge in [-0.2, -0.15) is 0 Å². The van der Waals surface area contributed by atoms with Crippen molar-refractivity contribution in [3.63, 3.8) is 0 Å². The van der Waals surface area contributed by atoms with Gasteiger partial charge in [-0.3, -0.25) is 0 Å². The lowest BCUT2D eigenvalue weighted by atomic mass is 10.2. The molecular formula is C8H16O4P+. The Morgan fingerprint density at radius 3 is 2.38 bits per heavy atom. The topological polar surface area (TPSA) is 63.6 Å². The predicted octanol–water partition coefficient (Wildman–Crippen LogP) is 1.71. The van der Waals surface area contributed by atoms with Crippen LogP contribution in [0.25, 0.3) is 0 Å². The summed E-state index contributed by atoms with van der Waals surface area (Å²) < 4.78 is 16.3. The van der Waals surface area contributed by atoms with Crippen LogP contribution in [0.15, 0.2) is 0 Å². The Morgan fingerprint density at radius 2 is 2.00 bits per heavy atom. The van der Waals surface area contributed by atoms with Crippen molar-refractivity contribution in [3.05, 3.63) is 0 Å². The molecule has 0 aliphatic carbocycles. The normalized spacial score (nSPS) is 12.7. The van der Waals surface area contributed by atoms with E-state index in [4.69, 9.17) is 9.84 Å². The third-order valence-corrected chi connectivity index (χ3v) is 2.49. The Bertz CT molecular complexity index is 195. The Labute approximate surface area is 79.1 Å². The molecule has 0 aromatic heterocycles. The van der Waals surface area contributed by atoms with Gasteiger partial charge in [-0.1, -0.05) is 4.57 Å². The van der Waals surface area contributed by atoms with Crippen LogP contribution in [0.5, 0.6) is 0 Å². The van der Waals surface area contributed by atoms with E-state index in [-0.39, 0.29) is 11.8 Å². The van der Waals surface area contributed by atoms with Crippen molar-refractivity contribution in [2.45, 2.75) is 26.4 Å². The molecule has 0 saturated carbocycles. The number of aliphatic carboxylic acids is 1. The zero-order valence-electron chi connectivity index (χ0n) is 8.24. The van der Waals surface area contributed by atoms with Crippen LogP contribution in [0.1, 0.15) is 20.8 Å². The van der Waals surface area contributed by atoms with Gasteiger partial charge in [-0.25, -0.2) is 4.79 Å². The van der Waals surface area contributed by atoms with Crippen molar-refractivity contribution in [2.75, 3.05) is 18.9 Å². The fourth-order valence-corrected chi connectivity index (χ4v) is 1.44. The van der Waals surface area contributed by atoms with Crippen LogP contribution in [-0.2, 0) is 14.1 Å². The summed E-state index contributed by atoms with van der Waals surface area (Å²) in [6, 6.07) is 0. The number of carboxylic acids is 1. The maximum absolute atomic E-state index is 11.0. The number of hydrogen-bond donors (Lipinski definition) is 1. The zero-order chi connectivity index (χ0) is 10.5. The molecule has 0 spiro atoms. The fraction of sp³-hybridized carbons (Fsp3) is 0.875. The number of ether oxygens (including phenoxy) is 1. The van der Waals surface area contributed by atoms with E-state index >= 15 is 0 Å². The summed E-state index contributed by atoms with van der Waals surface area (Å²) in [5.41, 5.74) is -0.251. The van der Waals surface area contributed by atoms with Crippen LogP contribution in [0.2, 0.25) is 0 Å². The van der Waals surface area contributed by atoms with Gasteiger partial charge in [0.15, 0.2) is 6.16 Å². The fourth-order valence-electron chi connectivity index (χ4n) is 0.684. The molecule has 0 aliphatic rings. The van der Waals surface area contributed by atoms with E-state index in [0.717, 1.165) is 0 Å². The summed E-state index contributed by atoms with van der Waals surface area (Å²) in [6.07, 6.45) is 0.0573. The van der Waals surface area contributed by atoms with Crippen LogP contribution in [0.4, 0.5) is 0 Å². The summed E-state index contributed by atoms with van der Waals surface area (Å²) in [7, 11) is -1.65. The highest BCUT2D eigenvalue weighted by molar-refractivity contribution is 7.45. The van der Waals surface area contributed by atoms with Gasteiger partial charge in [0.05, 0.1) is 12.2 Å². The van der Waals surface area contributed by atoms with E-state index in [2.05, 4.69) is 0 Å². The Balaban J connectivity index is 3.54. The summed E-state index contributed by atoms with van der Waals surface area (Å²) in [5.74, 6) is -1.02. The Morgan fingerprint density at radius 1 is 1.46 bits per heavy atom. The van der Waals surface area contributed by atoms with E-state index in [1.54, 1.807) is 0 Å². The maximum Gasteiger partial charge on any atom is 0.352 e. The van der Waals surface area contributed by atoms with Crippen LogP contribution in [-0.4, -0.2) is 35.6 Å². The van der Waals surface area contributed by atoms with Crippen LogP contribution in [0.3, 0.4) is 0 Å². The lowest BCUT2D eigenvalue weighted by molar-refractivity contribution is -0.134. The average molecular weight is 207 g/mol. The number of carboxylic acid groups (broad SMARTS) is 1. The van der Waals surface area contributed by atoms with E-state index in [0.29, 0.717) is 12.8 Å². The number of rotatable bonds is 5. The van der Waals surface area contributed by atoms with Crippen LogP contribution in [0, 0.1) is 0 Å². The first kappa shape index (κ1) is 12.5. The van der Waals surface area contributed by atoms with E-state index in [1.165, 1.54) is 0 Å². The van der Waals surface area contributed by atoms with Crippen molar-refractivity contribution >= 4 is 13.8 Å². The van der Waals surface area contributed by atoms with Gasteiger partial charge in [0.25, 0.3) is 0 Å². The number of carbonyl (C=O) groups is 1. The maximum atomic E-state index is 11.0. The summed E-state index contributed by atoms with van der Waals surface area (Å²) >= 11 is 0. The van der Waals surface area contributed by atoms with Gasteiger partial charge < -0.3 is 9.84 Å². The molecule has 1 N–H and O–H groups in total. The molecule has 0 saturated heterocycles. The van der Waals surface area contributed by atoms with Crippen molar-refractivity contribution < 1.29 is 19.2 Å². The van der Waals surface area contributed by atoms with E-state index in [9.17, 15) is 9.36 Å². The molecule has 13 heavy (non-hydrogen) atoms. The molecule has 0 heterocycles. The Kier molecular flexibility index (Phi) is 5.11. The summed E-state index contributed by atoms with van der Waals surface area (Å²) in [5, 5.41) is 8.32. The molecule has 1 atom stereocenters. The van der Waals surface area contributed by atoms with Gasteiger partial charge >= 0.3 is 13.8 Å². The van der Waals surface area contributed by atoms with Crippen LogP contribution >= 0.6 is 7.80 Å². The average Bonchev–Trinajstić information content (AvgIpc) is 1.81. The molecule has 76 valence electrons. The minimum Gasteiger partial charge on any atom is -0.478 e. The highest BCUT2D eigenvalue weighted by Gasteiger charge is 2.21. The second-order valence-corrected chi connectivity index (χ2v) is 5.45.